The first-order chi connectivity index (χ1) is 24.7. The smallest absolute Gasteiger partial charge is 0.164 e. The number of hydrogen-bond acceptors (Lipinski definition) is 5. The third-order valence-corrected chi connectivity index (χ3v) is 10.5. The first-order valence-electron chi connectivity index (χ1n) is 16.6. The van der Waals surface area contributed by atoms with Crippen molar-refractivity contribution in [2.75, 3.05) is 0 Å². The van der Waals surface area contributed by atoms with Crippen LogP contribution in [0, 0.1) is 0 Å². The second kappa shape index (κ2) is 11.6. The average Bonchev–Trinajstić information content (AvgIpc) is 3.76. The van der Waals surface area contributed by atoms with Crippen molar-refractivity contribution in [2.24, 2.45) is 0 Å². The molecular weight excluding hydrogens is 631 g/mol. The molecule has 0 aliphatic rings. The lowest BCUT2D eigenvalue weighted by molar-refractivity contribution is 0.669. The van der Waals surface area contributed by atoms with E-state index >= 15 is 0 Å². The lowest BCUT2D eigenvalue weighted by atomic mass is 9.97. The van der Waals surface area contributed by atoms with Gasteiger partial charge >= 0.3 is 0 Å². The Hall–Kier alpha value is -6.43. The van der Waals surface area contributed by atoms with E-state index in [4.69, 9.17) is 19.4 Å². The maximum atomic E-state index is 6.22. The Balaban J connectivity index is 1.08. The Bertz CT molecular complexity index is 2870. The number of fused-ring (bicyclic) bond motifs is 6. The molecule has 3 heterocycles. The van der Waals surface area contributed by atoms with Gasteiger partial charge in [0.2, 0.25) is 0 Å². The van der Waals surface area contributed by atoms with Gasteiger partial charge in [-0.05, 0) is 58.7 Å². The predicted octanol–water partition coefficient (Wildman–Crippen LogP) is 12.5. The summed E-state index contributed by atoms with van der Waals surface area (Å²) in [7, 11) is 0. The summed E-state index contributed by atoms with van der Waals surface area (Å²) in [5.74, 6) is 1.85. The minimum Gasteiger partial charge on any atom is -0.456 e. The Morgan fingerprint density at radius 3 is 1.76 bits per heavy atom. The molecule has 0 saturated carbocycles. The van der Waals surface area contributed by atoms with Crippen molar-refractivity contribution in [3.63, 3.8) is 0 Å². The van der Waals surface area contributed by atoms with E-state index in [1.165, 1.54) is 31.3 Å². The average molecular weight is 658 g/mol. The fourth-order valence-electron chi connectivity index (χ4n) is 6.92. The summed E-state index contributed by atoms with van der Waals surface area (Å²) in [5, 5.41) is 4.76. The highest BCUT2D eigenvalue weighted by Gasteiger charge is 2.16. The quantitative estimate of drug-likeness (QED) is 0.185. The lowest BCUT2D eigenvalue weighted by Gasteiger charge is -2.10. The Kier molecular flexibility index (Phi) is 6.64. The molecule has 0 bridgehead atoms. The number of hydrogen-bond donors (Lipinski definition) is 0. The summed E-state index contributed by atoms with van der Waals surface area (Å²) >= 11 is 1.84. The van der Waals surface area contributed by atoms with E-state index in [0.29, 0.717) is 17.5 Å². The molecular formula is C45H27N3OS. The molecule has 234 valence electrons. The summed E-state index contributed by atoms with van der Waals surface area (Å²) in [5.41, 5.74) is 9.17. The topological polar surface area (TPSA) is 51.8 Å². The highest BCUT2D eigenvalue weighted by atomic mass is 32.1. The molecule has 0 N–H and O–H groups in total. The zero-order chi connectivity index (χ0) is 33.0. The molecule has 0 saturated heterocycles. The van der Waals surface area contributed by atoms with Gasteiger partial charge in [-0.3, -0.25) is 0 Å². The van der Waals surface area contributed by atoms with Gasteiger partial charge in [-0.15, -0.1) is 11.3 Å². The van der Waals surface area contributed by atoms with Crippen molar-refractivity contribution in [2.45, 2.75) is 0 Å². The van der Waals surface area contributed by atoms with E-state index in [-0.39, 0.29) is 0 Å². The van der Waals surface area contributed by atoms with E-state index in [2.05, 4.69) is 109 Å². The summed E-state index contributed by atoms with van der Waals surface area (Å²) in [6.45, 7) is 0. The number of thiophene rings is 1. The summed E-state index contributed by atoms with van der Waals surface area (Å²) in [4.78, 5) is 15.0. The molecule has 3 aromatic heterocycles. The maximum absolute atomic E-state index is 6.22. The second-order valence-electron chi connectivity index (χ2n) is 12.4. The summed E-state index contributed by atoms with van der Waals surface area (Å²) < 4.78 is 8.77. The van der Waals surface area contributed by atoms with Crippen molar-refractivity contribution in [1.82, 2.24) is 15.0 Å². The zero-order valence-electron chi connectivity index (χ0n) is 26.7. The Labute approximate surface area is 292 Å². The standard InChI is InChI=1S/C45H27N3OS/c1-3-11-28(12-4-1)34-18-10-20-40-42(34)37-24-21-31(27-41(37)50-40)30-15-9-16-32(25-30)44-46-43(29-13-5-2-6-14-29)47-45(48-44)33-22-23-36-35-17-7-8-19-38(35)49-39(36)26-33/h1-27H. The molecule has 7 aromatic carbocycles. The fraction of sp³-hybridized carbons (Fsp3) is 0. The molecule has 0 unspecified atom stereocenters. The van der Waals surface area contributed by atoms with Gasteiger partial charge in [0.15, 0.2) is 17.5 Å². The van der Waals surface area contributed by atoms with Crippen LogP contribution in [0.25, 0.3) is 98.5 Å². The third-order valence-electron chi connectivity index (χ3n) is 9.34. The van der Waals surface area contributed by atoms with Gasteiger partial charge in [-0.2, -0.15) is 0 Å². The minimum absolute atomic E-state index is 0.600. The summed E-state index contributed by atoms with van der Waals surface area (Å²) in [6, 6.07) is 56.9. The molecule has 50 heavy (non-hydrogen) atoms. The van der Waals surface area contributed by atoms with Crippen molar-refractivity contribution in [3.05, 3.63) is 164 Å². The zero-order valence-corrected chi connectivity index (χ0v) is 27.6. The van der Waals surface area contributed by atoms with Crippen molar-refractivity contribution in [1.29, 1.82) is 0 Å². The molecule has 0 aliphatic carbocycles. The van der Waals surface area contributed by atoms with Crippen LogP contribution >= 0.6 is 11.3 Å². The molecule has 0 spiro atoms. The van der Waals surface area contributed by atoms with E-state index in [1.807, 2.05) is 65.9 Å². The molecule has 10 rings (SSSR count). The van der Waals surface area contributed by atoms with Crippen LogP contribution in [-0.4, -0.2) is 15.0 Å². The van der Waals surface area contributed by atoms with Crippen LogP contribution < -0.4 is 0 Å². The number of nitrogens with zero attached hydrogens (tertiary/aromatic N) is 3. The molecule has 0 atom stereocenters. The minimum atomic E-state index is 0.600. The molecule has 10 aromatic rings. The first kappa shape index (κ1) is 28.6. The van der Waals surface area contributed by atoms with Crippen LogP contribution in [0.15, 0.2) is 168 Å². The molecule has 0 amide bonds. The van der Waals surface area contributed by atoms with Crippen molar-refractivity contribution in [3.8, 4) is 56.4 Å². The second-order valence-corrected chi connectivity index (χ2v) is 13.5. The molecule has 5 heteroatoms. The van der Waals surface area contributed by atoms with Gasteiger partial charge in [0.1, 0.15) is 11.2 Å². The maximum Gasteiger partial charge on any atom is 0.164 e. The van der Waals surface area contributed by atoms with Crippen LogP contribution in [0.5, 0.6) is 0 Å². The van der Waals surface area contributed by atoms with Crippen LogP contribution in [0.4, 0.5) is 0 Å². The number of para-hydroxylation sites is 1. The van der Waals surface area contributed by atoms with Crippen LogP contribution in [0.2, 0.25) is 0 Å². The van der Waals surface area contributed by atoms with E-state index in [9.17, 15) is 0 Å². The molecule has 0 fully saturated rings. The van der Waals surface area contributed by atoms with Crippen LogP contribution in [0.1, 0.15) is 0 Å². The molecule has 0 aliphatic heterocycles. The van der Waals surface area contributed by atoms with E-state index in [0.717, 1.165) is 49.8 Å². The van der Waals surface area contributed by atoms with Crippen molar-refractivity contribution >= 4 is 53.4 Å². The van der Waals surface area contributed by atoms with Gasteiger partial charge in [-0.25, -0.2) is 15.0 Å². The molecule has 4 nitrogen and oxygen atoms in total. The number of aromatic nitrogens is 3. The van der Waals surface area contributed by atoms with Gasteiger partial charge in [0.05, 0.1) is 0 Å². The van der Waals surface area contributed by atoms with Gasteiger partial charge < -0.3 is 4.42 Å². The highest BCUT2D eigenvalue weighted by molar-refractivity contribution is 7.26. The third kappa shape index (κ3) is 4.87. The fourth-order valence-corrected chi connectivity index (χ4v) is 8.09. The largest absolute Gasteiger partial charge is 0.456 e. The number of rotatable bonds is 5. The number of furan rings is 1. The normalized spacial score (nSPS) is 11.6. The SMILES string of the molecule is c1ccc(-c2nc(-c3cccc(-c4ccc5c(c4)sc4cccc(-c6ccccc6)c45)c3)nc(-c3ccc4c(c3)oc3ccccc34)n2)cc1. The lowest BCUT2D eigenvalue weighted by Crippen LogP contribution is -2.00. The van der Waals surface area contributed by atoms with Crippen molar-refractivity contribution < 1.29 is 4.42 Å². The Morgan fingerprint density at radius 1 is 0.360 bits per heavy atom. The van der Waals surface area contributed by atoms with Crippen LogP contribution in [-0.2, 0) is 0 Å². The van der Waals surface area contributed by atoms with E-state index in [1.54, 1.807) is 0 Å². The molecule has 0 radical (unpaired) electrons. The monoisotopic (exact) mass is 657 g/mol. The summed E-state index contributed by atoms with van der Waals surface area (Å²) in [6.07, 6.45) is 0. The van der Waals surface area contributed by atoms with Gasteiger partial charge in [0.25, 0.3) is 0 Å². The Morgan fingerprint density at radius 2 is 0.940 bits per heavy atom. The van der Waals surface area contributed by atoms with E-state index < -0.39 is 0 Å². The first-order valence-corrected chi connectivity index (χ1v) is 17.4. The van der Waals surface area contributed by atoms with Gasteiger partial charge in [0, 0.05) is 47.6 Å². The highest BCUT2D eigenvalue weighted by Crippen LogP contribution is 2.42. The predicted molar refractivity (Wildman–Crippen MR) is 207 cm³/mol. The van der Waals surface area contributed by atoms with Gasteiger partial charge in [-0.1, -0.05) is 127 Å². The van der Waals surface area contributed by atoms with Crippen LogP contribution in [0.3, 0.4) is 0 Å². The number of benzene rings is 7.